The van der Waals surface area contributed by atoms with Crippen LogP contribution in [0.1, 0.15) is 0 Å². The van der Waals surface area contributed by atoms with Gasteiger partial charge in [0.05, 0.1) is 12.2 Å². The molecule has 0 radical (unpaired) electrons. The molecule has 0 aliphatic carbocycles. The van der Waals surface area contributed by atoms with Gasteiger partial charge in [0.25, 0.3) is 0 Å². The van der Waals surface area contributed by atoms with Gasteiger partial charge in [0.2, 0.25) is 0 Å². The predicted molar refractivity (Wildman–Crippen MR) is 132 cm³/mol. The Morgan fingerprint density at radius 3 is 2.24 bits per heavy atom. The van der Waals surface area contributed by atoms with Crippen molar-refractivity contribution in [1.29, 1.82) is 0 Å². The van der Waals surface area contributed by atoms with Crippen LogP contribution in [0.15, 0.2) is 78.9 Å². The standard InChI is InChI=1S/C24H21Cl2N5O2/c25-17-8-6-16(7-9-17)21-22(23(27)31(30-21)19-12-10-18(26)11-13-19)29-24(32)28-14-15-33-20-4-2-1-3-5-20/h1-13H,14-15,27H2,(H2,28,29,32). The molecule has 0 saturated heterocycles. The first-order valence-electron chi connectivity index (χ1n) is 10.1. The van der Waals surface area contributed by atoms with Crippen molar-refractivity contribution in [3.8, 4) is 22.7 Å². The van der Waals surface area contributed by atoms with E-state index in [9.17, 15) is 4.79 Å². The van der Waals surface area contributed by atoms with E-state index < -0.39 is 6.03 Å². The number of para-hydroxylation sites is 1. The van der Waals surface area contributed by atoms with Crippen LogP contribution in [0.5, 0.6) is 5.75 Å². The highest BCUT2D eigenvalue weighted by Crippen LogP contribution is 2.34. The average molecular weight is 482 g/mol. The fourth-order valence-electron chi connectivity index (χ4n) is 3.15. The fourth-order valence-corrected chi connectivity index (χ4v) is 3.40. The number of nitrogens with zero attached hydrogens (tertiary/aromatic N) is 2. The minimum atomic E-state index is -0.427. The van der Waals surface area contributed by atoms with E-state index in [-0.39, 0.29) is 5.82 Å². The van der Waals surface area contributed by atoms with Crippen molar-refractivity contribution in [3.05, 3.63) is 88.9 Å². The van der Waals surface area contributed by atoms with Gasteiger partial charge in [-0.05, 0) is 48.5 Å². The van der Waals surface area contributed by atoms with E-state index in [0.717, 1.165) is 11.3 Å². The van der Waals surface area contributed by atoms with Gasteiger partial charge in [-0.25, -0.2) is 9.48 Å². The highest BCUT2D eigenvalue weighted by atomic mass is 35.5. The van der Waals surface area contributed by atoms with E-state index in [1.807, 2.05) is 42.5 Å². The van der Waals surface area contributed by atoms with Crippen molar-refractivity contribution >= 4 is 40.7 Å². The second kappa shape index (κ2) is 10.3. The van der Waals surface area contributed by atoms with Crippen LogP contribution in [-0.4, -0.2) is 29.0 Å². The molecule has 0 aliphatic heterocycles. The van der Waals surface area contributed by atoms with E-state index in [2.05, 4.69) is 15.7 Å². The summed E-state index contributed by atoms with van der Waals surface area (Å²) < 4.78 is 7.15. The largest absolute Gasteiger partial charge is 0.492 e. The summed E-state index contributed by atoms with van der Waals surface area (Å²) in [6.07, 6.45) is 0. The first-order valence-corrected chi connectivity index (χ1v) is 10.9. The second-order valence-electron chi connectivity index (χ2n) is 7.05. The van der Waals surface area contributed by atoms with Gasteiger partial charge in [0, 0.05) is 15.6 Å². The molecule has 1 aromatic heterocycles. The van der Waals surface area contributed by atoms with Gasteiger partial charge in [-0.1, -0.05) is 53.5 Å². The Morgan fingerprint density at radius 2 is 1.58 bits per heavy atom. The zero-order valence-electron chi connectivity index (χ0n) is 17.5. The zero-order valence-corrected chi connectivity index (χ0v) is 19.0. The van der Waals surface area contributed by atoms with Crippen molar-refractivity contribution in [2.24, 2.45) is 0 Å². The lowest BCUT2D eigenvalue weighted by Crippen LogP contribution is -2.32. The third-order valence-corrected chi connectivity index (χ3v) is 5.25. The van der Waals surface area contributed by atoms with Crippen molar-refractivity contribution < 1.29 is 9.53 Å². The molecule has 4 aromatic rings. The SMILES string of the molecule is Nc1c(NC(=O)NCCOc2ccccc2)c(-c2ccc(Cl)cc2)nn1-c1ccc(Cl)cc1. The normalized spacial score (nSPS) is 10.6. The molecular weight excluding hydrogens is 461 g/mol. The molecule has 9 heteroatoms. The Hall–Kier alpha value is -3.68. The molecule has 0 saturated carbocycles. The van der Waals surface area contributed by atoms with Gasteiger partial charge in [-0.15, -0.1) is 0 Å². The Morgan fingerprint density at radius 1 is 0.939 bits per heavy atom. The number of urea groups is 1. The number of benzene rings is 3. The molecule has 0 bridgehead atoms. The topological polar surface area (TPSA) is 94.2 Å². The number of carbonyl (C=O) groups excluding carboxylic acids is 1. The second-order valence-corrected chi connectivity index (χ2v) is 7.92. The molecule has 7 nitrogen and oxygen atoms in total. The number of nitrogen functional groups attached to an aromatic ring is 1. The average Bonchev–Trinajstić information content (AvgIpc) is 3.14. The molecule has 1 heterocycles. The minimum Gasteiger partial charge on any atom is -0.492 e. The van der Waals surface area contributed by atoms with Crippen LogP contribution in [-0.2, 0) is 0 Å². The molecule has 4 N–H and O–H groups in total. The Labute approximate surface area is 201 Å². The number of anilines is 2. The summed E-state index contributed by atoms with van der Waals surface area (Å²) in [7, 11) is 0. The summed E-state index contributed by atoms with van der Waals surface area (Å²) in [5.41, 5.74) is 8.74. The fraction of sp³-hybridized carbons (Fsp3) is 0.0833. The third kappa shape index (κ3) is 5.58. The van der Waals surface area contributed by atoms with E-state index in [1.54, 1.807) is 41.1 Å². The van der Waals surface area contributed by atoms with Gasteiger partial charge in [-0.3, -0.25) is 0 Å². The van der Waals surface area contributed by atoms with Gasteiger partial charge in [-0.2, -0.15) is 5.10 Å². The van der Waals surface area contributed by atoms with Crippen LogP contribution in [0.3, 0.4) is 0 Å². The molecule has 0 unspecified atom stereocenters. The van der Waals surface area contributed by atoms with Crippen LogP contribution >= 0.6 is 23.2 Å². The van der Waals surface area contributed by atoms with Crippen LogP contribution < -0.4 is 21.1 Å². The predicted octanol–water partition coefficient (Wildman–Crippen LogP) is 5.63. The number of halogens is 2. The summed E-state index contributed by atoms with van der Waals surface area (Å²) in [5.74, 6) is 1.01. The summed E-state index contributed by atoms with van der Waals surface area (Å²) in [6.45, 7) is 0.628. The van der Waals surface area contributed by atoms with Gasteiger partial charge < -0.3 is 21.1 Å². The molecule has 4 rings (SSSR count). The first kappa shape index (κ1) is 22.5. The lowest BCUT2D eigenvalue weighted by Gasteiger charge is -2.10. The Kier molecular flexibility index (Phi) is 7.02. The first-order chi connectivity index (χ1) is 16.0. The Bertz CT molecular complexity index is 1230. The molecule has 168 valence electrons. The zero-order chi connectivity index (χ0) is 23.2. The lowest BCUT2D eigenvalue weighted by atomic mass is 10.1. The molecule has 0 aliphatic rings. The number of amides is 2. The maximum absolute atomic E-state index is 12.6. The maximum Gasteiger partial charge on any atom is 0.319 e. The molecule has 3 aromatic carbocycles. The quantitative estimate of drug-likeness (QED) is 0.298. The van der Waals surface area contributed by atoms with Crippen LogP contribution in [0.4, 0.5) is 16.3 Å². The van der Waals surface area contributed by atoms with Crippen LogP contribution in [0.25, 0.3) is 16.9 Å². The summed E-state index contributed by atoms with van der Waals surface area (Å²) in [6, 6.07) is 23.1. The monoisotopic (exact) mass is 481 g/mol. The van der Waals surface area contributed by atoms with E-state index in [1.165, 1.54) is 0 Å². The minimum absolute atomic E-state index is 0.276. The molecule has 0 fully saturated rings. The van der Waals surface area contributed by atoms with Crippen LogP contribution in [0, 0.1) is 0 Å². The summed E-state index contributed by atoms with van der Waals surface area (Å²) in [5, 5.41) is 11.4. The van der Waals surface area contributed by atoms with E-state index in [0.29, 0.717) is 40.3 Å². The van der Waals surface area contributed by atoms with Gasteiger partial charge >= 0.3 is 6.03 Å². The molecule has 0 spiro atoms. The van der Waals surface area contributed by atoms with E-state index >= 15 is 0 Å². The molecular formula is C24H21Cl2N5O2. The number of aromatic nitrogens is 2. The Balaban J connectivity index is 1.53. The molecule has 33 heavy (non-hydrogen) atoms. The number of ether oxygens (including phenoxy) is 1. The maximum atomic E-state index is 12.6. The number of hydrogen-bond donors (Lipinski definition) is 3. The van der Waals surface area contributed by atoms with Gasteiger partial charge in [0.1, 0.15) is 23.7 Å². The smallest absolute Gasteiger partial charge is 0.319 e. The summed E-state index contributed by atoms with van der Waals surface area (Å²) in [4.78, 5) is 12.6. The van der Waals surface area contributed by atoms with Crippen LogP contribution in [0.2, 0.25) is 10.0 Å². The molecule has 2 amide bonds. The highest BCUT2D eigenvalue weighted by molar-refractivity contribution is 6.30. The summed E-state index contributed by atoms with van der Waals surface area (Å²) >= 11 is 12.0. The van der Waals surface area contributed by atoms with E-state index in [4.69, 9.17) is 33.7 Å². The number of carbonyl (C=O) groups is 1. The van der Waals surface area contributed by atoms with Crippen molar-refractivity contribution in [1.82, 2.24) is 15.1 Å². The van der Waals surface area contributed by atoms with Crippen molar-refractivity contribution in [2.45, 2.75) is 0 Å². The third-order valence-electron chi connectivity index (χ3n) is 4.75. The number of hydrogen-bond acceptors (Lipinski definition) is 4. The number of nitrogens with two attached hydrogens (primary N) is 1. The molecule has 0 atom stereocenters. The highest BCUT2D eigenvalue weighted by Gasteiger charge is 2.20. The number of rotatable bonds is 7. The van der Waals surface area contributed by atoms with Crippen molar-refractivity contribution in [3.63, 3.8) is 0 Å². The van der Waals surface area contributed by atoms with Gasteiger partial charge in [0.15, 0.2) is 5.82 Å². The number of nitrogens with one attached hydrogen (secondary N) is 2. The van der Waals surface area contributed by atoms with Crippen molar-refractivity contribution in [2.75, 3.05) is 24.2 Å². The lowest BCUT2D eigenvalue weighted by molar-refractivity contribution is 0.247.